The summed E-state index contributed by atoms with van der Waals surface area (Å²) in [5.41, 5.74) is 1.39. The van der Waals surface area contributed by atoms with E-state index < -0.39 is 0 Å². The molecule has 2 unspecified atom stereocenters. The van der Waals surface area contributed by atoms with Gasteiger partial charge in [0.05, 0.1) is 12.0 Å². The van der Waals surface area contributed by atoms with E-state index in [-0.39, 0.29) is 0 Å². The average molecular weight is 231 g/mol. The van der Waals surface area contributed by atoms with Crippen molar-refractivity contribution in [3.8, 4) is 0 Å². The Kier molecular flexibility index (Phi) is 3.27. The van der Waals surface area contributed by atoms with Crippen molar-refractivity contribution < 1.29 is 0 Å². The summed E-state index contributed by atoms with van der Waals surface area (Å²) >= 11 is 0. The molecule has 0 amide bonds. The molecule has 0 spiro atoms. The van der Waals surface area contributed by atoms with Crippen LogP contribution >= 0.6 is 0 Å². The monoisotopic (exact) mass is 231 g/mol. The minimum absolute atomic E-state index is 0.525. The van der Waals surface area contributed by atoms with Gasteiger partial charge < -0.3 is 9.88 Å². The van der Waals surface area contributed by atoms with E-state index in [0.717, 1.165) is 13.0 Å². The van der Waals surface area contributed by atoms with E-state index in [1.54, 1.807) is 0 Å². The van der Waals surface area contributed by atoms with E-state index >= 15 is 0 Å². The maximum atomic E-state index is 4.37. The fourth-order valence-electron chi connectivity index (χ4n) is 3.02. The molecule has 92 valence electrons. The number of imidazole rings is 1. The molecule has 1 aromatic heterocycles. The predicted molar refractivity (Wildman–Crippen MR) is 68.8 cm³/mol. The van der Waals surface area contributed by atoms with Gasteiger partial charge in [-0.15, -0.1) is 0 Å². The quantitative estimate of drug-likeness (QED) is 0.793. The first-order valence-electron chi connectivity index (χ1n) is 6.85. The van der Waals surface area contributed by atoms with Crippen molar-refractivity contribution >= 4 is 0 Å². The Labute approximate surface area is 103 Å². The van der Waals surface area contributed by atoms with Crippen molar-refractivity contribution in [1.82, 2.24) is 14.9 Å². The zero-order valence-electron chi connectivity index (χ0n) is 10.3. The van der Waals surface area contributed by atoms with Crippen LogP contribution < -0.4 is 5.32 Å². The van der Waals surface area contributed by atoms with Crippen molar-refractivity contribution in [2.24, 2.45) is 0 Å². The zero-order chi connectivity index (χ0) is 11.5. The Hall–Kier alpha value is -1.09. The molecule has 3 rings (SSSR count). The second-order valence-corrected chi connectivity index (χ2v) is 5.17. The minimum atomic E-state index is 0.525. The van der Waals surface area contributed by atoms with Gasteiger partial charge in [-0.1, -0.05) is 18.6 Å². The van der Waals surface area contributed by atoms with Crippen LogP contribution in [0.15, 0.2) is 24.7 Å². The lowest BCUT2D eigenvalue weighted by molar-refractivity contribution is 0.368. The van der Waals surface area contributed by atoms with E-state index in [0.29, 0.717) is 12.1 Å². The van der Waals surface area contributed by atoms with Crippen molar-refractivity contribution in [3.05, 3.63) is 30.4 Å². The lowest BCUT2D eigenvalue weighted by Gasteiger charge is -2.28. The summed E-state index contributed by atoms with van der Waals surface area (Å²) in [5, 5.41) is 3.62. The van der Waals surface area contributed by atoms with E-state index in [1.807, 2.05) is 6.33 Å². The highest BCUT2D eigenvalue weighted by Gasteiger charge is 2.22. The molecule has 0 saturated carbocycles. The van der Waals surface area contributed by atoms with Crippen LogP contribution in [0.5, 0.6) is 0 Å². The van der Waals surface area contributed by atoms with Crippen LogP contribution in [-0.4, -0.2) is 16.1 Å². The molecular formula is C14H21N3. The normalized spacial score (nSPS) is 29.4. The smallest absolute Gasteiger partial charge is 0.0951 e. The van der Waals surface area contributed by atoms with Gasteiger partial charge in [0.2, 0.25) is 0 Å². The molecule has 1 aliphatic heterocycles. The number of allylic oxidation sites excluding steroid dienone is 2. The van der Waals surface area contributed by atoms with Gasteiger partial charge in [-0.2, -0.15) is 0 Å². The molecule has 1 fully saturated rings. The van der Waals surface area contributed by atoms with E-state index in [2.05, 4.69) is 33.2 Å². The largest absolute Gasteiger partial charge is 0.330 e. The summed E-state index contributed by atoms with van der Waals surface area (Å²) in [7, 11) is 0. The van der Waals surface area contributed by atoms with Gasteiger partial charge in [-0.25, -0.2) is 4.98 Å². The van der Waals surface area contributed by atoms with Gasteiger partial charge in [0.25, 0.3) is 0 Å². The Morgan fingerprint density at radius 2 is 2.24 bits per heavy atom. The third-order valence-electron chi connectivity index (χ3n) is 4.00. The van der Waals surface area contributed by atoms with E-state index in [1.165, 1.54) is 37.8 Å². The van der Waals surface area contributed by atoms with E-state index in [4.69, 9.17) is 0 Å². The standard InChI is InChI=1S/C14H21N3/c1-2-6-12(7-3-1)17-11-15-10-14(17)13-8-4-5-9-16-13/h1-2,10-13,16H,3-9H2. The molecule has 2 atom stereocenters. The average Bonchev–Trinajstić information content (AvgIpc) is 2.90. The number of nitrogens with one attached hydrogen (secondary N) is 1. The lowest BCUT2D eigenvalue weighted by Crippen LogP contribution is -2.29. The van der Waals surface area contributed by atoms with Gasteiger partial charge in [0, 0.05) is 18.3 Å². The third-order valence-corrected chi connectivity index (χ3v) is 4.00. The molecule has 1 aliphatic carbocycles. The fourth-order valence-corrected chi connectivity index (χ4v) is 3.02. The number of piperidine rings is 1. The summed E-state index contributed by atoms with van der Waals surface area (Å²) in [6.07, 6.45) is 16.2. The van der Waals surface area contributed by atoms with Crippen molar-refractivity contribution in [2.75, 3.05) is 6.54 Å². The fraction of sp³-hybridized carbons (Fsp3) is 0.643. The van der Waals surface area contributed by atoms with Crippen molar-refractivity contribution in [3.63, 3.8) is 0 Å². The maximum absolute atomic E-state index is 4.37. The molecule has 1 saturated heterocycles. The number of rotatable bonds is 2. The van der Waals surface area contributed by atoms with Crippen LogP contribution in [0.4, 0.5) is 0 Å². The Morgan fingerprint density at radius 1 is 1.24 bits per heavy atom. The SMILES string of the molecule is C1=CCC(n2cncc2C2CCCCN2)CC1. The van der Waals surface area contributed by atoms with Crippen LogP contribution in [0.2, 0.25) is 0 Å². The highest BCUT2D eigenvalue weighted by atomic mass is 15.1. The molecule has 0 bridgehead atoms. The first kappa shape index (κ1) is 11.0. The molecule has 3 nitrogen and oxygen atoms in total. The maximum Gasteiger partial charge on any atom is 0.0951 e. The zero-order valence-corrected chi connectivity index (χ0v) is 10.3. The summed E-state index contributed by atoms with van der Waals surface area (Å²) in [5.74, 6) is 0. The molecule has 17 heavy (non-hydrogen) atoms. The second kappa shape index (κ2) is 5.05. The molecule has 0 aromatic carbocycles. The molecule has 1 N–H and O–H groups in total. The predicted octanol–water partition coefficient (Wildman–Crippen LogP) is 2.98. The summed E-state index contributed by atoms with van der Waals surface area (Å²) in [4.78, 5) is 4.37. The number of aromatic nitrogens is 2. The summed E-state index contributed by atoms with van der Waals surface area (Å²) in [6.45, 7) is 1.15. The number of hydrogen-bond donors (Lipinski definition) is 1. The molecular weight excluding hydrogens is 210 g/mol. The third kappa shape index (κ3) is 2.29. The number of nitrogens with zero attached hydrogens (tertiary/aromatic N) is 2. The van der Waals surface area contributed by atoms with Crippen LogP contribution in [0, 0.1) is 0 Å². The van der Waals surface area contributed by atoms with Crippen molar-refractivity contribution in [1.29, 1.82) is 0 Å². The first-order chi connectivity index (χ1) is 8.45. The molecule has 3 heteroatoms. The lowest BCUT2D eigenvalue weighted by atomic mass is 9.99. The van der Waals surface area contributed by atoms with Gasteiger partial charge in [-0.05, 0) is 38.6 Å². The Bertz CT molecular complexity index is 388. The molecule has 0 radical (unpaired) electrons. The number of hydrogen-bond acceptors (Lipinski definition) is 2. The summed E-state index contributed by atoms with van der Waals surface area (Å²) in [6, 6.07) is 1.15. The molecule has 2 heterocycles. The first-order valence-corrected chi connectivity index (χ1v) is 6.85. The highest BCUT2D eigenvalue weighted by Crippen LogP contribution is 2.29. The Balaban J connectivity index is 1.80. The minimum Gasteiger partial charge on any atom is -0.330 e. The van der Waals surface area contributed by atoms with Gasteiger partial charge in [0.1, 0.15) is 0 Å². The van der Waals surface area contributed by atoms with Crippen LogP contribution in [0.1, 0.15) is 56.3 Å². The molecule has 1 aromatic rings. The van der Waals surface area contributed by atoms with Crippen molar-refractivity contribution in [2.45, 2.75) is 50.6 Å². The van der Waals surface area contributed by atoms with Crippen LogP contribution in [-0.2, 0) is 0 Å². The summed E-state index contributed by atoms with van der Waals surface area (Å²) < 4.78 is 2.41. The Morgan fingerprint density at radius 3 is 3.00 bits per heavy atom. The van der Waals surface area contributed by atoms with Gasteiger partial charge in [-0.3, -0.25) is 0 Å². The van der Waals surface area contributed by atoms with Crippen LogP contribution in [0.25, 0.3) is 0 Å². The second-order valence-electron chi connectivity index (χ2n) is 5.17. The molecule has 2 aliphatic rings. The van der Waals surface area contributed by atoms with Crippen LogP contribution in [0.3, 0.4) is 0 Å². The highest BCUT2D eigenvalue weighted by molar-refractivity contribution is 5.09. The van der Waals surface area contributed by atoms with Gasteiger partial charge >= 0.3 is 0 Å². The van der Waals surface area contributed by atoms with E-state index in [9.17, 15) is 0 Å². The van der Waals surface area contributed by atoms with Gasteiger partial charge in [0.15, 0.2) is 0 Å². The topological polar surface area (TPSA) is 29.9 Å².